The molecule has 180 valence electrons. The van der Waals surface area contributed by atoms with Gasteiger partial charge in [-0.2, -0.15) is 0 Å². The Morgan fingerprint density at radius 1 is 0.882 bits per heavy atom. The molecule has 0 aliphatic carbocycles. The number of benzene rings is 3. The van der Waals surface area contributed by atoms with E-state index in [2.05, 4.69) is 10.6 Å². The molecule has 0 aliphatic heterocycles. The first-order chi connectivity index (χ1) is 16.3. The Morgan fingerprint density at radius 3 is 2.21 bits per heavy atom. The van der Waals surface area contributed by atoms with E-state index in [9.17, 15) is 23.5 Å². The van der Waals surface area contributed by atoms with E-state index in [0.29, 0.717) is 37.8 Å². The van der Waals surface area contributed by atoms with Gasteiger partial charge in [0.2, 0.25) is 5.91 Å². The molecular weight excluding hydrogens is 454 g/mol. The molecule has 0 saturated carbocycles. The Labute approximate surface area is 199 Å². The first kappa shape index (κ1) is 25.8. The summed E-state index contributed by atoms with van der Waals surface area (Å²) >= 11 is 0. The lowest BCUT2D eigenvalue weighted by atomic mass is 10.0. The van der Waals surface area contributed by atoms with E-state index in [1.165, 1.54) is 6.07 Å². The zero-order valence-corrected chi connectivity index (χ0v) is 19.8. The lowest BCUT2D eigenvalue weighted by molar-refractivity contribution is -0.123. The number of hydrogen-bond donors (Lipinski definition) is 4. The number of carbonyl (C=O) groups excluding carboxylic acids is 1. The van der Waals surface area contributed by atoms with Gasteiger partial charge in [-0.3, -0.25) is 14.7 Å². The molecule has 0 fully saturated rings. The fourth-order valence-corrected chi connectivity index (χ4v) is 4.16. The van der Waals surface area contributed by atoms with Crippen LogP contribution in [0.15, 0.2) is 78.9 Å². The average Bonchev–Trinajstić information content (AvgIpc) is 2.82. The van der Waals surface area contributed by atoms with E-state index in [4.69, 9.17) is 0 Å². The number of aryl methyl sites for hydroxylation is 1. The lowest BCUT2D eigenvalue weighted by Crippen LogP contribution is -2.45. The minimum atomic E-state index is -4.31. The molecule has 0 saturated heterocycles. The molecule has 0 aliphatic rings. The Hall–Kier alpha value is -2.83. The van der Waals surface area contributed by atoms with Crippen LogP contribution in [-0.4, -0.2) is 34.6 Å². The van der Waals surface area contributed by atoms with Crippen molar-refractivity contribution < 1.29 is 23.5 Å². The van der Waals surface area contributed by atoms with Crippen LogP contribution in [0.3, 0.4) is 0 Å². The Balaban J connectivity index is 1.51. The van der Waals surface area contributed by atoms with Gasteiger partial charge >= 0.3 is 7.60 Å². The van der Waals surface area contributed by atoms with Crippen molar-refractivity contribution in [1.29, 1.82) is 0 Å². The van der Waals surface area contributed by atoms with Gasteiger partial charge in [0.05, 0.1) is 12.3 Å². The summed E-state index contributed by atoms with van der Waals surface area (Å²) in [5, 5.41) is 5.51. The second-order valence-corrected chi connectivity index (χ2v) is 9.81. The SMILES string of the molecule is O=C(NCCc1ccc(-c2ccccc2)cc1)[C@H](CCCc1ccccc1F)NCP(=O)(O)O. The van der Waals surface area contributed by atoms with Crippen molar-refractivity contribution in [2.24, 2.45) is 0 Å². The van der Waals surface area contributed by atoms with Gasteiger partial charge in [-0.25, -0.2) is 4.39 Å². The zero-order valence-electron chi connectivity index (χ0n) is 18.9. The molecule has 3 aromatic rings. The highest BCUT2D eigenvalue weighted by atomic mass is 31.2. The van der Waals surface area contributed by atoms with Gasteiger partial charge in [-0.05, 0) is 54.0 Å². The Morgan fingerprint density at radius 2 is 1.53 bits per heavy atom. The van der Waals surface area contributed by atoms with E-state index < -0.39 is 19.9 Å². The third kappa shape index (κ3) is 8.50. The van der Waals surface area contributed by atoms with Crippen LogP contribution in [-0.2, 0) is 22.2 Å². The minimum Gasteiger partial charge on any atom is -0.354 e. The van der Waals surface area contributed by atoms with Crippen molar-refractivity contribution in [2.75, 3.05) is 12.8 Å². The standard InChI is InChI=1S/C26H30FN2O4P/c27-24-11-5-4-9-23(24)10-6-12-25(29-19-34(31,32)33)26(30)28-18-17-20-13-15-22(16-14-20)21-7-2-1-3-8-21/h1-5,7-9,11,13-16,25,29H,6,10,12,17-19H2,(H,28,30)(H2,31,32,33)/t25-/m0/s1. The number of halogens is 1. The molecule has 8 heteroatoms. The largest absolute Gasteiger partial charge is 0.354 e. The van der Waals surface area contributed by atoms with Crippen LogP contribution < -0.4 is 10.6 Å². The topological polar surface area (TPSA) is 98.7 Å². The van der Waals surface area contributed by atoms with Crippen molar-refractivity contribution in [1.82, 2.24) is 10.6 Å². The van der Waals surface area contributed by atoms with Gasteiger partial charge < -0.3 is 15.1 Å². The van der Waals surface area contributed by atoms with Gasteiger partial charge in [0.25, 0.3) is 0 Å². The summed E-state index contributed by atoms with van der Waals surface area (Å²) in [4.78, 5) is 31.1. The molecule has 6 nitrogen and oxygen atoms in total. The third-order valence-electron chi connectivity index (χ3n) is 5.53. The van der Waals surface area contributed by atoms with Crippen molar-refractivity contribution in [2.45, 2.75) is 31.7 Å². The first-order valence-electron chi connectivity index (χ1n) is 11.3. The highest BCUT2D eigenvalue weighted by molar-refractivity contribution is 7.51. The number of amides is 1. The monoisotopic (exact) mass is 484 g/mol. The fraction of sp³-hybridized carbons (Fsp3) is 0.269. The summed E-state index contributed by atoms with van der Waals surface area (Å²) in [7, 11) is -4.31. The first-order valence-corrected chi connectivity index (χ1v) is 13.0. The quantitative estimate of drug-likeness (QED) is 0.288. The van der Waals surface area contributed by atoms with Crippen LogP contribution in [0.5, 0.6) is 0 Å². The predicted molar refractivity (Wildman–Crippen MR) is 132 cm³/mol. The Kier molecular flexibility index (Phi) is 9.54. The van der Waals surface area contributed by atoms with Crippen LogP contribution in [0.4, 0.5) is 4.39 Å². The van der Waals surface area contributed by atoms with Gasteiger partial charge in [0.1, 0.15) is 5.82 Å². The average molecular weight is 485 g/mol. The fourth-order valence-electron chi connectivity index (χ4n) is 3.70. The maximum atomic E-state index is 13.8. The van der Waals surface area contributed by atoms with E-state index in [0.717, 1.165) is 16.7 Å². The molecule has 4 N–H and O–H groups in total. The van der Waals surface area contributed by atoms with Crippen LogP contribution in [0, 0.1) is 5.82 Å². The molecule has 0 radical (unpaired) electrons. The molecule has 1 amide bonds. The second-order valence-electron chi connectivity index (χ2n) is 8.17. The molecule has 0 bridgehead atoms. The maximum Gasteiger partial charge on any atom is 0.339 e. The molecular formula is C26H30FN2O4P. The molecule has 1 atom stereocenters. The molecule has 34 heavy (non-hydrogen) atoms. The van der Waals surface area contributed by atoms with E-state index in [-0.39, 0.29) is 11.7 Å². The zero-order chi connectivity index (χ0) is 24.4. The van der Waals surface area contributed by atoms with Crippen LogP contribution in [0.2, 0.25) is 0 Å². The number of hydrogen-bond acceptors (Lipinski definition) is 3. The molecule has 3 aromatic carbocycles. The van der Waals surface area contributed by atoms with Crippen LogP contribution >= 0.6 is 7.60 Å². The lowest BCUT2D eigenvalue weighted by Gasteiger charge is -2.19. The van der Waals surface area contributed by atoms with Crippen LogP contribution in [0.1, 0.15) is 24.0 Å². The Bertz CT molecular complexity index is 1100. The highest BCUT2D eigenvalue weighted by Gasteiger charge is 2.22. The van der Waals surface area contributed by atoms with Crippen molar-refractivity contribution in [3.05, 3.63) is 95.8 Å². The predicted octanol–water partition coefficient (Wildman–Crippen LogP) is 4.27. The summed E-state index contributed by atoms with van der Waals surface area (Å²) in [6.07, 6.45) is 1.29. The van der Waals surface area contributed by atoms with E-state index in [1.807, 2.05) is 54.6 Å². The molecule has 0 unspecified atom stereocenters. The minimum absolute atomic E-state index is 0.301. The summed E-state index contributed by atoms with van der Waals surface area (Å²) in [6.45, 7) is 0.394. The van der Waals surface area contributed by atoms with Gasteiger partial charge in [-0.1, -0.05) is 72.8 Å². The molecule has 0 spiro atoms. The van der Waals surface area contributed by atoms with Crippen molar-refractivity contribution in [3.8, 4) is 11.1 Å². The summed E-state index contributed by atoms with van der Waals surface area (Å²) in [5.41, 5.74) is 3.87. The molecule has 3 rings (SSSR count). The van der Waals surface area contributed by atoms with E-state index in [1.54, 1.807) is 18.2 Å². The number of nitrogens with one attached hydrogen (secondary N) is 2. The second kappa shape index (κ2) is 12.6. The summed E-state index contributed by atoms with van der Waals surface area (Å²) < 4.78 is 25.1. The van der Waals surface area contributed by atoms with Crippen LogP contribution in [0.25, 0.3) is 11.1 Å². The summed E-state index contributed by atoms with van der Waals surface area (Å²) in [5.74, 6) is -0.632. The highest BCUT2D eigenvalue weighted by Crippen LogP contribution is 2.32. The number of carbonyl (C=O) groups is 1. The van der Waals surface area contributed by atoms with Gasteiger partial charge in [0, 0.05) is 6.54 Å². The van der Waals surface area contributed by atoms with Crippen molar-refractivity contribution in [3.63, 3.8) is 0 Å². The third-order valence-corrected chi connectivity index (χ3v) is 6.13. The normalized spacial score (nSPS) is 12.3. The summed E-state index contributed by atoms with van der Waals surface area (Å²) in [6, 6.07) is 23.8. The van der Waals surface area contributed by atoms with E-state index >= 15 is 0 Å². The smallest absolute Gasteiger partial charge is 0.339 e. The maximum absolute atomic E-state index is 13.8. The van der Waals surface area contributed by atoms with Gasteiger partial charge in [-0.15, -0.1) is 0 Å². The molecule has 0 heterocycles. The van der Waals surface area contributed by atoms with Crippen molar-refractivity contribution >= 4 is 13.5 Å². The van der Waals surface area contributed by atoms with Gasteiger partial charge in [0.15, 0.2) is 0 Å². The molecule has 0 aromatic heterocycles. The number of rotatable bonds is 12.